The van der Waals surface area contributed by atoms with Crippen molar-refractivity contribution in [2.75, 3.05) is 23.3 Å². The summed E-state index contributed by atoms with van der Waals surface area (Å²) in [7, 11) is 0. The van der Waals surface area contributed by atoms with Crippen molar-refractivity contribution in [3.63, 3.8) is 0 Å². The molecule has 1 heterocycles. The second-order valence-corrected chi connectivity index (χ2v) is 7.12. The quantitative estimate of drug-likeness (QED) is 0.560. The van der Waals surface area contributed by atoms with Crippen molar-refractivity contribution in [2.24, 2.45) is 0 Å². The van der Waals surface area contributed by atoms with Crippen molar-refractivity contribution in [3.8, 4) is 5.75 Å². The average Bonchev–Trinajstić information content (AvgIpc) is 2.70. The number of rotatable bonds is 6. The van der Waals surface area contributed by atoms with Crippen LogP contribution in [0.3, 0.4) is 0 Å². The molecule has 0 aliphatic carbocycles. The van der Waals surface area contributed by atoms with E-state index >= 15 is 0 Å². The summed E-state index contributed by atoms with van der Waals surface area (Å²) in [5, 5.41) is 13.7. The van der Waals surface area contributed by atoms with Gasteiger partial charge in [0.05, 0.1) is 9.95 Å². The third-order valence-corrected chi connectivity index (χ3v) is 4.95. The molecule has 1 atom stereocenters. The largest absolute Gasteiger partial charge is 0.479 e. The van der Waals surface area contributed by atoms with Crippen LogP contribution in [0.5, 0.6) is 5.75 Å². The molecule has 1 fully saturated rings. The Bertz CT molecular complexity index is 851. The van der Waals surface area contributed by atoms with Gasteiger partial charge in [-0.15, -0.1) is 0 Å². The number of carbonyl (C=O) groups excluding carboxylic acids is 1. The molecule has 0 saturated carbocycles. The maximum absolute atomic E-state index is 12.4. The van der Waals surface area contributed by atoms with Crippen molar-refractivity contribution in [1.82, 2.24) is 0 Å². The fourth-order valence-electron chi connectivity index (χ4n) is 3.09. The fourth-order valence-corrected chi connectivity index (χ4v) is 3.31. The van der Waals surface area contributed by atoms with Crippen molar-refractivity contribution in [1.29, 1.82) is 0 Å². The molecule has 7 nitrogen and oxygen atoms in total. The predicted molar refractivity (Wildman–Crippen MR) is 109 cm³/mol. The number of hydrogen-bond donors (Lipinski definition) is 1. The molecule has 0 radical (unpaired) electrons. The summed E-state index contributed by atoms with van der Waals surface area (Å²) in [6, 6.07) is 11.6. The summed E-state index contributed by atoms with van der Waals surface area (Å²) in [6.07, 6.45) is 2.87. The number of nitrogens with zero attached hydrogens (tertiary/aromatic N) is 2. The zero-order valence-corrected chi connectivity index (χ0v) is 16.3. The summed E-state index contributed by atoms with van der Waals surface area (Å²) in [5.41, 5.74) is 1.69. The van der Waals surface area contributed by atoms with Gasteiger partial charge in [-0.25, -0.2) is 0 Å². The van der Waals surface area contributed by atoms with Crippen molar-refractivity contribution in [2.45, 2.75) is 32.3 Å². The van der Waals surface area contributed by atoms with Crippen LogP contribution >= 0.6 is 11.6 Å². The molecular formula is C20H22ClN3O4. The molecule has 8 heteroatoms. The zero-order valence-electron chi connectivity index (χ0n) is 15.6. The highest BCUT2D eigenvalue weighted by atomic mass is 35.5. The smallest absolute Gasteiger partial charge is 0.271 e. The number of non-ortho nitro benzene ring substituents is 1. The Hall–Kier alpha value is -2.80. The lowest BCUT2D eigenvalue weighted by Crippen LogP contribution is -2.30. The average molecular weight is 404 g/mol. The monoisotopic (exact) mass is 403 g/mol. The summed E-state index contributed by atoms with van der Waals surface area (Å²) < 4.78 is 5.56. The topological polar surface area (TPSA) is 84.7 Å². The third kappa shape index (κ3) is 4.92. The predicted octanol–water partition coefficient (Wildman–Crippen LogP) is 4.64. The van der Waals surface area contributed by atoms with Gasteiger partial charge in [-0.1, -0.05) is 11.6 Å². The molecule has 1 aliphatic rings. The van der Waals surface area contributed by atoms with Crippen LogP contribution in [0.15, 0.2) is 42.5 Å². The van der Waals surface area contributed by atoms with E-state index in [0.29, 0.717) is 5.69 Å². The molecule has 0 spiro atoms. The second kappa shape index (κ2) is 8.93. The molecule has 148 valence electrons. The van der Waals surface area contributed by atoms with Crippen LogP contribution in [0.25, 0.3) is 0 Å². The van der Waals surface area contributed by atoms with Gasteiger partial charge in [-0.05, 0) is 56.5 Å². The van der Waals surface area contributed by atoms with Gasteiger partial charge in [0.25, 0.3) is 11.6 Å². The second-order valence-electron chi connectivity index (χ2n) is 6.72. The Morgan fingerprint density at radius 2 is 1.86 bits per heavy atom. The van der Waals surface area contributed by atoms with Crippen LogP contribution in [-0.4, -0.2) is 30.0 Å². The molecule has 1 aliphatic heterocycles. The van der Waals surface area contributed by atoms with E-state index in [1.54, 1.807) is 6.92 Å². The summed E-state index contributed by atoms with van der Waals surface area (Å²) in [5.74, 6) is -0.115. The highest BCUT2D eigenvalue weighted by Crippen LogP contribution is 2.29. The zero-order chi connectivity index (χ0) is 20.1. The molecule has 3 rings (SSSR count). The van der Waals surface area contributed by atoms with Gasteiger partial charge in [0, 0.05) is 36.6 Å². The number of carbonyl (C=O) groups is 1. The Balaban J connectivity index is 1.58. The molecule has 1 N–H and O–H groups in total. The number of nitrogens with one attached hydrogen (secondary N) is 1. The van der Waals surface area contributed by atoms with Crippen LogP contribution in [0, 0.1) is 10.1 Å². The maximum Gasteiger partial charge on any atom is 0.271 e. The van der Waals surface area contributed by atoms with Crippen LogP contribution in [0.1, 0.15) is 26.2 Å². The Morgan fingerprint density at radius 3 is 2.46 bits per heavy atom. The van der Waals surface area contributed by atoms with Crippen LogP contribution < -0.4 is 15.0 Å². The normalized spacial score (nSPS) is 15.0. The minimum atomic E-state index is -0.819. The molecule has 0 aromatic heterocycles. The van der Waals surface area contributed by atoms with E-state index in [0.717, 1.165) is 18.8 Å². The van der Waals surface area contributed by atoms with Crippen molar-refractivity contribution in [3.05, 3.63) is 57.6 Å². The molecular weight excluding hydrogens is 382 g/mol. The van der Waals surface area contributed by atoms with E-state index in [4.69, 9.17) is 16.3 Å². The standard InChI is InChI=1S/C20H22ClN3O4/c1-14(28-19-10-9-17(24(26)27)13-18(19)21)20(25)22-15-5-7-16(8-6-15)23-11-3-2-4-12-23/h5-10,13-14H,2-4,11-12H2,1H3,(H,22,25)/t14-/m0/s1. The molecule has 0 unspecified atom stereocenters. The SMILES string of the molecule is C[C@H](Oc1ccc([N+](=O)[O-])cc1Cl)C(=O)Nc1ccc(N2CCCCC2)cc1. The lowest BCUT2D eigenvalue weighted by atomic mass is 10.1. The highest BCUT2D eigenvalue weighted by Gasteiger charge is 2.18. The number of benzene rings is 2. The molecule has 2 aromatic rings. The van der Waals surface area contributed by atoms with E-state index in [2.05, 4.69) is 10.2 Å². The number of anilines is 2. The number of hydrogen-bond acceptors (Lipinski definition) is 5. The number of piperidine rings is 1. The lowest BCUT2D eigenvalue weighted by Gasteiger charge is -2.28. The summed E-state index contributed by atoms with van der Waals surface area (Å²) in [6.45, 7) is 3.72. The van der Waals surface area contributed by atoms with E-state index < -0.39 is 11.0 Å². The summed E-state index contributed by atoms with van der Waals surface area (Å²) >= 11 is 6.01. The van der Waals surface area contributed by atoms with Gasteiger partial charge in [0.2, 0.25) is 0 Å². The third-order valence-electron chi connectivity index (χ3n) is 4.66. The fraction of sp³-hybridized carbons (Fsp3) is 0.350. The number of nitro groups is 1. The maximum atomic E-state index is 12.4. The van der Waals surface area contributed by atoms with E-state index in [1.807, 2.05) is 24.3 Å². The first-order valence-corrected chi connectivity index (χ1v) is 9.58. The number of amides is 1. The van der Waals surface area contributed by atoms with Gasteiger partial charge in [0.15, 0.2) is 6.10 Å². The van der Waals surface area contributed by atoms with Gasteiger partial charge in [0.1, 0.15) is 5.75 Å². The van der Waals surface area contributed by atoms with E-state index in [1.165, 1.54) is 37.5 Å². The number of ether oxygens (including phenoxy) is 1. The molecule has 28 heavy (non-hydrogen) atoms. The Kier molecular flexibility index (Phi) is 6.36. The molecule has 1 amide bonds. The molecule has 2 aromatic carbocycles. The summed E-state index contributed by atoms with van der Waals surface area (Å²) in [4.78, 5) is 25.0. The van der Waals surface area contributed by atoms with Crippen LogP contribution in [0.4, 0.5) is 17.1 Å². The molecule has 1 saturated heterocycles. The first-order valence-electron chi connectivity index (χ1n) is 9.20. The highest BCUT2D eigenvalue weighted by molar-refractivity contribution is 6.32. The van der Waals surface area contributed by atoms with Crippen LogP contribution in [-0.2, 0) is 4.79 Å². The lowest BCUT2D eigenvalue weighted by molar-refractivity contribution is -0.384. The van der Waals surface area contributed by atoms with Gasteiger partial charge in [-0.2, -0.15) is 0 Å². The Morgan fingerprint density at radius 1 is 1.18 bits per heavy atom. The van der Waals surface area contributed by atoms with Crippen molar-refractivity contribution < 1.29 is 14.5 Å². The number of nitro benzene ring substituents is 1. The molecule has 0 bridgehead atoms. The van der Waals surface area contributed by atoms with Gasteiger partial charge in [-0.3, -0.25) is 14.9 Å². The van der Waals surface area contributed by atoms with Crippen molar-refractivity contribution >= 4 is 34.6 Å². The minimum Gasteiger partial charge on any atom is -0.479 e. The Labute approximate surface area is 168 Å². The van der Waals surface area contributed by atoms with E-state index in [9.17, 15) is 14.9 Å². The minimum absolute atomic E-state index is 0.0831. The van der Waals surface area contributed by atoms with Gasteiger partial charge < -0.3 is 15.0 Å². The van der Waals surface area contributed by atoms with Gasteiger partial charge >= 0.3 is 0 Å². The number of halogens is 1. The first kappa shape index (κ1) is 19.9. The van der Waals surface area contributed by atoms with E-state index in [-0.39, 0.29) is 22.4 Å². The first-order chi connectivity index (χ1) is 13.4. The van der Waals surface area contributed by atoms with Crippen LogP contribution in [0.2, 0.25) is 5.02 Å².